The Morgan fingerprint density at radius 2 is 1.94 bits per heavy atom. The number of thiophene rings is 1. The Balaban J connectivity index is 1.58. The highest BCUT2D eigenvalue weighted by Crippen LogP contribution is 2.23. The molecule has 3 rings (SSSR count). The van der Waals surface area contributed by atoms with Crippen LogP contribution < -0.4 is 16.4 Å². The van der Waals surface area contributed by atoms with Crippen LogP contribution in [0.1, 0.15) is 21.6 Å². The van der Waals surface area contributed by atoms with Crippen molar-refractivity contribution < 1.29 is 9.59 Å². The molecule has 0 aliphatic carbocycles. The molecular formula is C24H29IN6O2S. The van der Waals surface area contributed by atoms with Gasteiger partial charge in [0, 0.05) is 46.7 Å². The molecule has 1 aromatic carbocycles. The Kier molecular flexibility index (Phi) is 9.66. The summed E-state index contributed by atoms with van der Waals surface area (Å²) >= 11 is 3.71. The lowest BCUT2D eigenvalue weighted by atomic mass is 10.1. The quantitative estimate of drug-likeness (QED) is 0.310. The molecular weight excluding hydrogens is 563 g/mol. The first-order valence-corrected chi connectivity index (χ1v) is 12.8. The first-order valence-electron chi connectivity index (χ1n) is 10.8. The lowest BCUT2D eigenvalue weighted by Gasteiger charge is -2.25. The second kappa shape index (κ2) is 12.7. The Hall–Kier alpha value is -2.70. The van der Waals surface area contributed by atoms with E-state index >= 15 is 0 Å². The van der Waals surface area contributed by atoms with Gasteiger partial charge in [-0.25, -0.2) is 4.79 Å². The topological polar surface area (TPSA) is 104 Å². The van der Waals surface area contributed by atoms with Gasteiger partial charge in [0.2, 0.25) is 0 Å². The maximum atomic E-state index is 12.9. The standard InChI is InChI=1S/C24H29IN6O2S/c1-30(2)10-11-31(24(33)27-9-8-17-4-3-5-19(25)12-17)14-18-6-7-21(28-13-18)23(32)29-22-16-34-15-20(22)26/h3-7,12-13,15-16H,8-11,14,26H2,1-2H3,(H,27,33)(H,29,32). The molecule has 0 aliphatic rings. The van der Waals surface area contributed by atoms with Crippen molar-refractivity contribution in [1.82, 2.24) is 20.1 Å². The summed E-state index contributed by atoms with van der Waals surface area (Å²) in [6, 6.07) is 11.6. The van der Waals surface area contributed by atoms with Crippen LogP contribution in [0.4, 0.5) is 16.2 Å². The maximum absolute atomic E-state index is 12.9. The van der Waals surface area contributed by atoms with Crippen molar-refractivity contribution >= 4 is 57.2 Å². The van der Waals surface area contributed by atoms with Crippen LogP contribution in [0.5, 0.6) is 0 Å². The van der Waals surface area contributed by atoms with Crippen molar-refractivity contribution in [2.45, 2.75) is 13.0 Å². The summed E-state index contributed by atoms with van der Waals surface area (Å²) < 4.78 is 1.18. The second-order valence-corrected chi connectivity index (χ2v) is 10.1. The number of hydrogen-bond acceptors (Lipinski definition) is 6. The molecule has 0 radical (unpaired) electrons. The van der Waals surface area contributed by atoms with E-state index in [1.165, 1.54) is 20.5 Å². The van der Waals surface area contributed by atoms with E-state index in [1.54, 1.807) is 27.9 Å². The average Bonchev–Trinajstić information content (AvgIpc) is 3.21. The number of carbonyl (C=O) groups excluding carboxylic acids is 2. The van der Waals surface area contributed by atoms with Crippen molar-refractivity contribution in [1.29, 1.82) is 0 Å². The number of nitrogen functional groups attached to an aromatic ring is 1. The zero-order valence-corrected chi connectivity index (χ0v) is 22.2. The molecule has 0 fully saturated rings. The van der Waals surface area contributed by atoms with Gasteiger partial charge in [-0.05, 0) is 72.4 Å². The molecule has 0 spiro atoms. The molecule has 0 bridgehead atoms. The number of likely N-dealkylation sites (N-methyl/N-ethyl adjacent to an activating group) is 1. The number of aromatic nitrogens is 1. The van der Waals surface area contributed by atoms with Gasteiger partial charge < -0.3 is 26.2 Å². The van der Waals surface area contributed by atoms with Crippen molar-refractivity contribution in [3.05, 3.63) is 73.7 Å². The molecule has 3 aromatic rings. The van der Waals surface area contributed by atoms with Gasteiger partial charge in [0.25, 0.3) is 5.91 Å². The van der Waals surface area contributed by atoms with Crippen molar-refractivity contribution in [2.75, 3.05) is 44.8 Å². The maximum Gasteiger partial charge on any atom is 0.317 e. The van der Waals surface area contributed by atoms with E-state index in [-0.39, 0.29) is 17.6 Å². The van der Waals surface area contributed by atoms with Gasteiger partial charge in [-0.1, -0.05) is 18.2 Å². The normalized spacial score (nSPS) is 10.8. The summed E-state index contributed by atoms with van der Waals surface area (Å²) in [7, 11) is 3.95. The number of nitrogens with two attached hydrogens (primary N) is 1. The number of amides is 3. The van der Waals surface area contributed by atoms with Crippen LogP contribution in [0.3, 0.4) is 0 Å². The first kappa shape index (κ1) is 25.9. The van der Waals surface area contributed by atoms with Crippen molar-refractivity contribution in [3.8, 4) is 0 Å². The summed E-state index contributed by atoms with van der Waals surface area (Å²) in [5, 5.41) is 9.33. The van der Waals surface area contributed by atoms with E-state index in [9.17, 15) is 9.59 Å². The predicted molar refractivity (Wildman–Crippen MR) is 146 cm³/mol. The molecule has 3 amide bonds. The van der Waals surface area contributed by atoms with E-state index in [2.05, 4.69) is 50.3 Å². The van der Waals surface area contributed by atoms with Crippen LogP contribution in [0, 0.1) is 3.57 Å². The summed E-state index contributed by atoms with van der Waals surface area (Å²) in [5.74, 6) is -0.325. The molecule has 10 heteroatoms. The molecule has 0 saturated carbocycles. The predicted octanol–water partition coefficient (Wildman–Crippen LogP) is 3.90. The number of nitrogens with one attached hydrogen (secondary N) is 2. The summed E-state index contributed by atoms with van der Waals surface area (Å²) in [6.45, 7) is 2.26. The zero-order valence-electron chi connectivity index (χ0n) is 19.3. The summed E-state index contributed by atoms with van der Waals surface area (Å²) in [5.41, 5.74) is 9.26. The van der Waals surface area contributed by atoms with Crippen LogP contribution in [-0.4, -0.2) is 60.5 Å². The third-order valence-corrected chi connectivity index (χ3v) is 6.49. The lowest BCUT2D eigenvalue weighted by Crippen LogP contribution is -2.43. The number of hydrogen-bond donors (Lipinski definition) is 3. The van der Waals surface area contributed by atoms with E-state index in [1.807, 2.05) is 37.2 Å². The third kappa shape index (κ3) is 7.96. The monoisotopic (exact) mass is 592 g/mol. The number of pyridine rings is 1. The summed E-state index contributed by atoms with van der Waals surface area (Å²) in [6.07, 6.45) is 2.40. The number of anilines is 2. The molecule has 8 nitrogen and oxygen atoms in total. The van der Waals surface area contributed by atoms with Crippen LogP contribution in [0.2, 0.25) is 0 Å². The number of carbonyl (C=O) groups is 2. The molecule has 2 heterocycles. The SMILES string of the molecule is CN(C)CCN(Cc1ccc(C(=O)Nc2cscc2N)nc1)C(=O)NCCc1cccc(I)c1. The number of halogens is 1. The van der Waals surface area contributed by atoms with E-state index in [0.29, 0.717) is 31.0 Å². The Morgan fingerprint density at radius 1 is 1.12 bits per heavy atom. The minimum atomic E-state index is -0.325. The van der Waals surface area contributed by atoms with Gasteiger partial charge in [0.05, 0.1) is 11.4 Å². The fraction of sp³-hybridized carbons (Fsp3) is 0.292. The van der Waals surface area contributed by atoms with Gasteiger partial charge >= 0.3 is 6.03 Å². The van der Waals surface area contributed by atoms with E-state index < -0.39 is 0 Å². The van der Waals surface area contributed by atoms with Gasteiger partial charge in [-0.15, -0.1) is 11.3 Å². The average molecular weight is 593 g/mol. The van der Waals surface area contributed by atoms with Gasteiger partial charge in [-0.2, -0.15) is 0 Å². The zero-order chi connectivity index (χ0) is 24.5. The molecule has 0 unspecified atom stereocenters. The smallest absolute Gasteiger partial charge is 0.317 e. The number of rotatable bonds is 10. The lowest BCUT2D eigenvalue weighted by molar-refractivity contribution is 0.102. The molecule has 0 aliphatic heterocycles. The molecule has 2 aromatic heterocycles. The van der Waals surface area contributed by atoms with E-state index in [0.717, 1.165) is 18.5 Å². The highest BCUT2D eigenvalue weighted by Gasteiger charge is 2.15. The Labute approximate surface area is 217 Å². The minimum absolute atomic E-state index is 0.123. The first-order chi connectivity index (χ1) is 16.3. The van der Waals surface area contributed by atoms with Gasteiger partial charge in [0.1, 0.15) is 5.69 Å². The third-order valence-electron chi connectivity index (χ3n) is 5.05. The number of nitrogens with zero attached hydrogens (tertiary/aromatic N) is 3. The summed E-state index contributed by atoms with van der Waals surface area (Å²) in [4.78, 5) is 33.4. The van der Waals surface area contributed by atoms with Crippen LogP contribution in [-0.2, 0) is 13.0 Å². The van der Waals surface area contributed by atoms with Gasteiger partial charge in [0.15, 0.2) is 0 Å². The molecule has 4 N–H and O–H groups in total. The fourth-order valence-corrected chi connectivity index (χ4v) is 4.44. The number of benzene rings is 1. The van der Waals surface area contributed by atoms with E-state index in [4.69, 9.17) is 5.73 Å². The highest BCUT2D eigenvalue weighted by atomic mass is 127. The van der Waals surface area contributed by atoms with Crippen LogP contribution in [0.15, 0.2) is 53.4 Å². The van der Waals surface area contributed by atoms with Gasteiger partial charge in [-0.3, -0.25) is 9.78 Å². The Morgan fingerprint density at radius 3 is 2.59 bits per heavy atom. The number of urea groups is 1. The molecule has 180 valence electrons. The second-order valence-electron chi connectivity index (χ2n) is 8.08. The van der Waals surface area contributed by atoms with Crippen LogP contribution >= 0.6 is 33.9 Å². The fourth-order valence-electron chi connectivity index (χ4n) is 3.16. The van der Waals surface area contributed by atoms with Crippen molar-refractivity contribution in [2.24, 2.45) is 0 Å². The van der Waals surface area contributed by atoms with Crippen LogP contribution in [0.25, 0.3) is 0 Å². The Bertz CT molecular complexity index is 1100. The minimum Gasteiger partial charge on any atom is -0.396 e. The largest absolute Gasteiger partial charge is 0.396 e. The highest BCUT2D eigenvalue weighted by molar-refractivity contribution is 14.1. The molecule has 0 saturated heterocycles. The van der Waals surface area contributed by atoms with Crippen molar-refractivity contribution in [3.63, 3.8) is 0 Å². The molecule has 0 atom stereocenters. The molecule has 34 heavy (non-hydrogen) atoms.